The second-order valence-electron chi connectivity index (χ2n) is 4.23. The van der Waals surface area contributed by atoms with E-state index in [0.717, 1.165) is 9.64 Å². The van der Waals surface area contributed by atoms with E-state index in [1.165, 1.54) is 12.1 Å². The van der Waals surface area contributed by atoms with Gasteiger partial charge >= 0.3 is 5.97 Å². The summed E-state index contributed by atoms with van der Waals surface area (Å²) in [6, 6.07) is 10.4. The topological polar surface area (TPSA) is 55.4 Å². The van der Waals surface area contributed by atoms with Crippen LogP contribution in [0.3, 0.4) is 0 Å². The van der Waals surface area contributed by atoms with Crippen molar-refractivity contribution in [3.8, 4) is 0 Å². The van der Waals surface area contributed by atoms with Gasteiger partial charge in [-0.05, 0) is 52.9 Å². The minimum Gasteiger partial charge on any atom is -0.452 e. The molecule has 0 aliphatic carbocycles. The fourth-order valence-electron chi connectivity index (χ4n) is 1.62. The molecule has 0 aliphatic rings. The molecule has 0 fully saturated rings. The van der Waals surface area contributed by atoms with Crippen molar-refractivity contribution in [2.75, 3.05) is 11.9 Å². The molecule has 2 aromatic rings. The van der Waals surface area contributed by atoms with E-state index in [4.69, 9.17) is 16.3 Å². The van der Waals surface area contributed by atoms with Crippen LogP contribution < -0.4 is 5.32 Å². The number of carbonyl (C=O) groups is 2. The summed E-state index contributed by atoms with van der Waals surface area (Å²) in [4.78, 5) is 23.6. The number of esters is 1. The maximum absolute atomic E-state index is 13.1. The van der Waals surface area contributed by atoms with Gasteiger partial charge in [0.25, 0.3) is 5.91 Å². The van der Waals surface area contributed by atoms with Crippen LogP contribution in [-0.2, 0) is 9.53 Å². The molecule has 1 N–H and O–H groups in total. The van der Waals surface area contributed by atoms with Crippen molar-refractivity contribution in [1.29, 1.82) is 0 Å². The van der Waals surface area contributed by atoms with Gasteiger partial charge in [0.2, 0.25) is 0 Å². The van der Waals surface area contributed by atoms with E-state index in [2.05, 4.69) is 5.32 Å². The molecule has 7 heteroatoms. The third-order valence-corrected chi connectivity index (χ3v) is 3.90. The van der Waals surface area contributed by atoms with Gasteiger partial charge in [-0.25, -0.2) is 9.18 Å². The number of hydrogen-bond acceptors (Lipinski definition) is 3. The van der Waals surface area contributed by atoms with Crippen LogP contribution in [0.2, 0.25) is 5.02 Å². The van der Waals surface area contributed by atoms with Crippen molar-refractivity contribution in [3.63, 3.8) is 0 Å². The van der Waals surface area contributed by atoms with E-state index < -0.39 is 24.3 Å². The Morgan fingerprint density at radius 2 is 1.95 bits per heavy atom. The number of ether oxygens (including phenoxy) is 1. The summed E-state index contributed by atoms with van der Waals surface area (Å²) in [6.45, 7) is -0.489. The first kappa shape index (κ1) is 16.7. The van der Waals surface area contributed by atoms with Crippen LogP contribution >= 0.6 is 34.2 Å². The monoisotopic (exact) mass is 433 g/mol. The molecule has 0 radical (unpaired) electrons. The van der Waals surface area contributed by atoms with E-state index in [0.29, 0.717) is 5.56 Å². The van der Waals surface area contributed by atoms with Crippen molar-refractivity contribution in [2.24, 2.45) is 0 Å². The van der Waals surface area contributed by atoms with Gasteiger partial charge in [0.05, 0.1) is 16.3 Å². The normalized spacial score (nSPS) is 10.1. The molecule has 0 aromatic heterocycles. The molecule has 0 saturated heterocycles. The van der Waals surface area contributed by atoms with Gasteiger partial charge in [-0.1, -0.05) is 23.7 Å². The lowest BCUT2D eigenvalue weighted by Crippen LogP contribution is -2.21. The van der Waals surface area contributed by atoms with Crippen LogP contribution in [0.25, 0.3) is 0 Å². The number of carbonyl (C=O) groups excluding carboxylic acids is 2. The molecule has 0 heterocycles. The van der Waals surface area contributed by atoms with Gasteiger partial charge in [-0.2, -0.15) is 0 Å². The van der Waals surface area contributed by atoms with Crippen molar-refractivity contribution in [2.45, 2.75) is 0 Å². The summed E-state index contributed by atoms with van der Waals surface area (Å²) in [7, 11) is 0. The van der Waals surface area contributed by atoms with Gasteiger partial charge in [-0.15, -0.1) is 0 Å². The molecule has 0 spiro atoms. The Hall–Kier alpha value is -1.67. The average Bonchev–Trinajstić information content (AvgIpc) is 2.49. The number of nitrogens with one attached hydrogen (secondary N) is 1. The highest BCUT2D eigenvalue weighted by Gasteiger charge is 2.13. The lowest BCUT2D eigenvalue weighted by Gasteiger charge is -2.08. The van der Waals surface area contributed by atoms with Crippen molar-refractivity contribution < 1.29 is 18.7 Å². The summed E-state index contributed by atoms with van der Waals surface area (Å²) in [5.74, 6) is -1.74. The summed E-state index contributed by atoms with van der Waals surface area (Å²) < 4.78 is 18.7. The third-order valence-electron chi connectivity index (χ3n) is 2.63. The van der Waals surface area contributed by atoms with Crippen LogP contribution in [-0.4, -0.2) is 18.5 Å². The molecule has 0 saturated carbocycles. The van der Waals surface area contributed by atoms with Crippen LogP contribution in [0.15, 0.2) is 42.5 Å². The number of rotatable bonds is 4. The van der Waals surface area contributed by atoms with Crippen LogP contribution in [0.1, 0.15) is 10.4 Å². The molecular weight excluding hydrogens is 424 g/mol. The largest absolute Gasteiger partial charge is 0.452 e. The molecule has 2 aromatic carbocycles. The SMILES string of the molecule is O=C(COC(=O)c1ccccc1I)Nc1cc(F)ccc1Cl. The number of hydrogen-bond donors (Lipinski definition) is 1. The predicted octanol–water partition coefficient (Wildman–Crippen LogP) is 3.88. The van der Waals surface area contributed by atoms with E-state index in [1.807, 2.05) is 22.6 Å². The van der Waals surface area contributed by atoms with Crippen molar-refractivity contribution in [1.82, 2.24) is 0 Å². The summed E-state index contributed by atoms with van der Waals surface area (Å²) in [5.41, 5.74) is 0.497. The highest BCUT2D eigenvalue weighted by atomic mass is 127. The fourth-order valence-corrected chi connectivity index (χ4v) is 2.39. The average molecular weight is 434 g/mol. The Bertz CT molecular complexity index is 724. The van der Waals surface area contributed by atoms with Crippen molar-refractivity contribution >= 4 is 51.8 Å². The van der Waals surface area contributed by atoms with Gasteiger partial charge in [0, 0.05) is 3.57 Å². The van der Waals surface area contributed by atoms with Crippen LogP contribution in [0, 0.1) is 9.39 Å². The quantitative estimate of drug-likeness (QED) is 0.588. The van der Waals surface area contributed by atoms with Crippen LogP contribution in [0.5, 0.6) is 0 Å². The second kappa shape index (κ2) is 7.55. The smallest absolute Gasteiger partial charge is 0.339 e. The molecule has 1 amide bonds. The minimum absolute atomic E-state index is 0.122. The number of anilines is 1. The Morgan fingerprint density at radius 1 is 1.23 bits per heavy atom. The fraction of sp³-hybridized carbons (Fsp3) is 0.0667. The Labute approximate surface area is 144 Å². The molecule has 22 heavy (non-hydrogen) atoms. The first-order valence-electron chi connectivity index (χ1n) is 6.14. The lowest BCUT2D eigenvalue weighted by molar-refractivity contribution is -0.119. The molecule has 0 bridgehead atoms. The molecular formula is C15H10ClFINO3. The summed E-state index contributed by atoms with van der Waals surface area (Å²) in [6.07, 6.45) is 0. The first-order chi connectivity index (χ1) is 10.5. The van der Waals surface area contributed by atoms with Crippen molar-refractivity contribution in [3.05, 3.63) is 62.4 Å². The Balaban J connectivity index is 1.94. The van der Waals surface area contributed by atoms with E-state index >= 15 is 0 Å². The number of benzene rings is 2. The minimum atomic E-state index is -0.606. The molecule has 0 atom stereocenters. The number of amides is 1. The summed E-state index contributed by atoms with van der Waals surface area (Å²) >= 11 is 7.83. The van der Waals surface area contributed by atoms with Gasteiger partial charge in [-0.3, -0.25) is 4.79 Å². The Kier molecular flexibility index (Phi) is 5.73. The zero-order valence-electron chi connectivity index (χ0n) is 11.1. The van der Waals surface area contributed by atoms with Gasteiger partial charge < -0.3 is 10.1 Å². The second-order valence-corrected chi connectivity index (χ2v) is 5.80. The van der Waals surface area contributed by atoms with E-state index in [-0.39, 0.29) is 10.7 Å². The zero-order valence-corrected chi connectivity index (χ0v) is 14.0. The molecule has 0 aliphatic heterocycles. The molecule has 2 rings (SSSR count). The van der Waals surface area contributed by atoms with Crippen LogP contribution in [0.4, 0.5) is 10.1 Å². The molecule has 0 unspecified atom stereocenters. The lowest BCUT2D eigenvalue weighted by atomic mass is 10.2. The Morgan fingerprint density at radius 3 is 2.68 bits per heavy atom. The number of halogens is 3. The summed E-state index contributed by atoms with van der Waals surface area (Å²) in [5, 5.41) is 2.58. The van der Waals surface area contributed by atoms with Gasteiger partial charge in [0.1, 0.15) is 5.82 Å². The maximum Gasteiger partial charge on any atom is 0.339 e. The zero-order chi connectivity index (χ0) is 16.1. The molecule has 114 valence electrons. The maximum atomic E-state index is 13.1. The van der Waals surface area contributed by atoms with E-state index in [9.17, 15) is 14.0 Å². The third kappa shape index (κ3) is 4.41. The highest BCUT2D eigenvalue weighted by Crippen LogP contribution is 2.22. The standard InChI is InChI=1S/C15H10ClFINO3/c16-11-6-5-9(17)7-13(11)19-14(20)8-22-15(21)10-3-1-2-4-12(10)18/h1-7H,8H2,(H,19,20). The molecule has 4 nitrogen and oxygen atoms in total. The predicted molar refractivity (Wildman–Crippen MR) is 89.5 cm³/mol. The van der Waals surface area contributed by atoms with E-state index in [1.54, 1.807) is 24.3 Å². The highest BCUT2D eigenvalue weighted by molar-refractivity contribution is 14.1. The first-order valence-corrected chi connectivity index (χ1v) is 7.59. The van der Waals surface area contributed by atoms with Gasteiger partial charge in [0.15, 0.2) is 6.61 Å².